The lowest BCUT2D eigenvalue weighted by Gasteiger charge is -2.17. The minimum atomic E-state index is 0.370. The number of nitrogens with zero attached hydrogens (tertiary/aromatic N) is 2. The fourth-order valence-corrected chi connectivity index (χ4v) is 4.38. The Balaban J connectivity index is 0.000000315. The molecule has 1 aliphatic rings. The van der Waals surface area contributed by atoms with Crippen molar-refractivity contribution < 1.29 is 9.53 Å². The van der Waals surface area contributed by atoms with Crippen LogP contribution in [0.5, 0.6) is 5.75 Å². The van der Waals surface area contributed by atoms with E-state index in [1.165, 1.54) is 54.4 Å². The number of nitrogens with one attached hydrogen (secondary N) is 1. The average molecular weight is 616 g/mol. The van der Waals surface area contributed by atoms with Crippen molar-refractivity contribution in [1.29, 1.82) is 0 Å². The van der Waals surface area contributed by atoms with Gasteiger partial charge in [-0.05, 0) is 95.8 Å². The van der Waals surface area contributed by atoms with E-state index in [4.69, 9.17) is 4.74 Å². The molecule has 1 fully saturated rings. The van der Waals surface area contributed by atoms with Crippen molar-refractivity contribution in [1.82, 2.24) is 15.1 Å². The molecule has 248 valence electrons. The molecule has 1 aliphatic carbocycles. The second-order valence-electron chi connectivity index (χ2n) is 11.7. The first-order valence-electron chi connectivity index (χ1n) is 17.0. The van der Waals surface area contributed by atoms with E-state index in [1.54, 1.807) is 14.0 Å². The summed E-state index contributed by atoms with van der Waals surface area (Å²) in [6, 6.07) is 24.8. The largest absolute Gasteiger partial charge is 0.497 e. The van der Waals surface area contributed by atoms with Gasteiger partial charge >= 0.3 is 0 Å². The number of fused-ring (bicyclic) bond motifs is 1. The van der Waals surface area contributed by atoms with Crippen molar-refractivity contribution >= 4 is 16.7 Å². The summed E-state index contributed by atoms with van der Waals surface area (Å²) in [6.07, 6.45) is 7.32. The summed E-state index contributed by atoms with van der Waals surface area (Å²) in [4.78, 5) is 12.6. The number of carbonyl (C=O) groups excluding carboxylic acids is 1. The monoisotopic (exact) mass is 615 g/mol. The topological polar surface area (TPSA) is 58.2 Å². The van der Waals surface area contributed by atoms with Crippen LogP contribution >= 0.6 is 0 Å². The van der Waals surface area contributed by atoms with Crippen LogP contribution in [0.15, 0.2) is 72.8 Å². The number of methoxy groups -OCH3 is 1. The molecule has 1 aromatic heterocycles. The average Bonchev–Trinajstić information content (AvgIpc) is 3.86. The molecule has 0 bridgehead atoms. The third-order valence-electron chi connectivity index (χ3n) is 7.82. The van der Waals surface area contributed by atoms with Crippen LogP contribution in [0.25, 0.3) is 22.2 Å². The third kappa shape index (κ3) is 15.9. The van der Waals surface area contributed by atoms with E-state index in [9.17, 15) is 4.79 Å². The third-order valence-corrected chi connectivity index (χ3v) is 7.82. The first kappa shape index (κ1) is 39.6. The van der Waals surface area contributed by atoms with Gasteiger partial charge in [0, 0.05) is 16.9 Å². The Morgan fingerprint density at radius 1 is 0.956 bits per heavy atom. The molecule has 0 unspecified atom stereocenters. The zero-order valence-corrected chi connectivity index (χ0v) is 30.0. The molecule has 4 aromatic rings. The number of aryl methyl sites for hydroxylation is 2. The van der Waals surface area contributed by atoms with Crippen LogP contribution in [0.4, 0.5) is 0 Å². The number of carbonyl (C=O) groups is 1. The van der Waals surface area contributed by atoms with Crippen LogP contribution in [0.2, 0.25) is 0 Å². The standard InChI is InChI=1S/C15H14N2.C10H23N.C8H10O.C5H8O.C2H6/c1-2-11-7-9-12(10-8-11)15-13-5-3-4-6-14(13)16-17-15;1-5-8-11(4)9-7-10(3)6-2;1-7-3-5-8(9-2)6-4-7;1-4(6)5-2-3-5;1-2/h3-10H,2H2,1H3,(H,16,17);10H,5-9H2,1-4H3;3-6H,1-2H3;5H,2-3H2,1H3;1-2H3/t;10-;;;/m.1.../s1. The lowest BCUT2D eigenvalue weighted by Crippen LogP contribution is -2.21. The van der Waals surface area contributed by atoms with Gasteiger partial charge in [0.25, 0.3) is 0 Å². The highest BCUT2D eigenvalue weighted by Crippen LogP contribution is 2.29. The number of aromatic amines is 1. The number of hydrogen-bond donors (Lipinski definition) is 1. The summed E-state index contributed by atoms with van der Waals surface area (Å²) in [7, 11) is 3.89. The van der Waals surface area contributed by atoms with Crippen molar-refractivity contribution in [3.05, 3.63) is 83.9 Å². The molecule has 0 radical (unpaired) electrons. The van der Waals surface area contributed by atoms with Gasteiger partial charge in [0.2, 0.25) is 0 Å². The maximum atomic E-state index is 10.2. The number of benzene rings is 3. The summed E-state index contributed by atoms with van der Waals surface area (Å²) in [6.45, 7) is 19.2. The van der Waals surface area contributed by atoms with E-state index in [-0.39, 0.29) is 0 Å². The summed E-state index contributed by atoms with van der Waals surface area (Å²) in [5.74, 6) is 2.65. The molecular formula is C40H61N3O2. The van der Waals surface area contributed by atoms with Gasteiger partial charge in [-0.1, -0.05) is 108 Å². The van der Waals surface area contributed by atoms with E-state index < -0.39 is 0 Å². The number of Topliss-reactive ketones (excluding diaryl/α,β-unsaturated/α-hetero) is 1. The number of hydrogen-bond acceptors (Lipinski definition) is 4. The van der Waals surface area contributed by atoms with E-state index in [0.717, 1.165) is 42.1 Å². The van der Waals surface area contributed by atoms with Gasteiger partial charge in [-0.15, -0.1) is 0 Å². The smallest absolute Gasteiger partial charge is 0.132 e. The number of H-pyrrole nitrogens is 1. The van der Waals surface area contributed by atoms with Crippen LogP contribution in [0.1, 0.15) is 91.7 Å². The quantitative estimate of drug-likeness (QED) is 0.193. The van der Waals surface area contributed by atoms with E-state index in [1.807, 2.05) is 56.3 Å². The highest BCUT2D eigenvalue weighted by Gasteiger charge is 2.25. The first-order chi connectivity index (χ1) is 21.7. The minimum absolute atomic E-state index is 0.370. The van der Waals surface area contributed by atoms with Crippen molar-refractivity contribution in [2.45, 2.75) is 93.9 Å². The second kappa shape index (κ2) is 23.0. The Kier molecular flexibility index (Phi) is 20.2. The van der Waals surface area contributed by atoms with Crippen LogP contribution < -0.4 is 4.74 Å². The fraction of sp³-hybridized carbons (Fsp3) is 0.500. The van der Waals surface area contributed by atoms with E-state index >= 15 is 0 Å². The van der Waals surface area contributed by atoms with Crippen molar-refractivity contribution in [2.75, 3.05) is 27.2 Å². The number of aromatic nitrogens is 2. The van der Waals surface area contributed by atoms with Gasteiger partial charge in [-0.3, -0.25) is 9.89 Å². The van der Waals surface area contributed by atoms with Crippen LogP contribution in [-0.2, 0) is 11.2 Å². The van der Waals surface area contributed by atoms with Gasteiger partial charge < -0.3 is 9.64 Å². The fourth-order valence-electron chi connectivity index (χ4n) is 4.38. The molecule has 1 heterocycles. The Labute approximate surface area is 274 Å². The van der Waals surface area contributed by atoms with E-state index in [0.29, 0.717) is 11.7 Å². The molecular weight excluding hydrogens is 554 g/mol. The predicted molar refractivity (Wildman–Crippen MR) is 195 cm³/mol. The molecule has 3 aromatic carbocycles. The molecule has 0 amide bonds. The summed E-state index contributed by atoms with van der Waals surface area (Å²) < 4.78 is 4.97. The molecule has 5 heteroatoms. The number of rotatable bonds is 10. The Morgan fingerprint density at radius 3 is 2.07 bits per heavy atom. The van der Waals surface area contributed by atoms with Gasteiger partial charge in [-0.2, -0.15) is 5.10 Å². The van der Waals surface area contributed by atoms with Gasteiger partial charge in [0.05, 0.1) is 18.3 Å². The molecule has 1 atom stereocenters. The SMILES string of the molecule is CC.CC(=O)C1CC1.CCCN(C)CC[C@H](C)CC.CCc1ccc(-c2n[nH]c3ccccc23)cc1.COc1ccc(C)cc1. The van der Waals surface area contributed by atoms with Crippen molar-refractivity contribution in [3.63, 3.8) is 0 Å². The van der Waals surface area contributed by atoms with Gasteiger partial charge in [0.1, 0.15) is 11.5 Å². The van der Waals surface area contributed by atoms with E-state index in [2.05, 4.69) is 87.1 Å². The molecule has 1 N–H and O–H groups in total. The zero-order chi connectivity index (χ0) is 33.6. The van der Waals surface area contributed by atoms with Gasteiger partial charge in [-0.25, -0.2) is 0 Å². The second-order valence-corrected chi connectivity index (χ2v) is 11.7. The van der Waals surface area contributed by atoms with Gasteiger partial charge in [0.15, 0.2) is 0 Å². The number of ether oxygens (including phenoxy) is 1. The van der Waals surface area contributed by atoms with Crippen molar-refractivity contribution in [3.8, 4) is 17.0 Å². The summed E-state index contributed by atoms with van der Waals surface area (Å²) in [5, 5.41) is 8.64. The minimum Gasteiger partial charge on any atom is -0.497 e. The zero-order valence-electron chi connectivity index (χ0n) is 30.0. The van der Waals surface area contributed by atoms with Crippen LogP contribution in [-0.4, -0.2) is 48.1 Å². The molecule has 1 saturated carbocycles. The highest BCUT2D eigenvalue weighted by atomic mass is 16.5. The lowest BCUT2D eigenvalue weighted by molar-refractivity contribution is -0.118. The predicted octanol–water partition coefficient (Wildman–Crippen LogP) is 10.6. The normalized spacial score (nSPS) is 12.2. The Hall–Kier alpha value is -3.44. The maximum absolute atomic E-state index is 10.2. The van der Waals surface area contributed by atoms with Crippen molar-refractivity contribution in [2.24, 2.45) is 11.8 Å². The number of para-hydroxylation sites is 1. The molecule has 5 nitrogen and oxygen atoms in total. The van der Waals surface area contributed by atoms with Crippen LogP contribution in [0, 0.1) is 18.8 Å². The summed E-state index contributed by atoms with van der Waals surface area (Å²) >= 11 is 0. The maximum Gasteiger partial charge on any atom is 0.132 e. The molecule has 0 saturated heterocycles. The molecule has 45 heavy (non-hydrogen) atoms. The Bertz CT molecular complexity index is 1310. The molecule has 0 spiro atoms. The Morgan fingerprint density at radius 2 is 1.58 bits per heavy atom. The molecule has 5 rings (SSSR count). The highest BCUT2D eigenvalue weighted by molar-refractivity contribution is 5.92. The summed E-state index contributed by atoms with van der Waals surface area (Å²) in [5.41, 5.74) is 5.90. The van der Waals surface area contributed by atoms with Crippen LogP contribution in [0.3, 0.4) is 0 Å². The lowest BCUT2D eigenvalue weighted by atomic mass is 10.1. The first-order valence-corrected chi connectivity index (χ1v) is 17.0. The molecule has 0 aliphatic heterocycles. The number of ketones is 1.